The van der Waals surface area contributed by atoms with Gasteiger partial charge in [0.25, 0.3) is 15.9 Å². The van der Waals surface area contributed by atoms with Crippen LogP contribution in [0.3, 0.4) is 0 Å². The topological polar surface area (TPSA) is 196 Å². The molecule has 5 heterocycles. The van der Waals surface area contributed by atoms with Crippen molar-refractivity contribution in [3.05, 3.63) is 106 Å². The number of carbonyl (C=O) groups is 1. The van der Waals surface area contributed by atoms with Gasteiger partial charge in [-0.2, -0.15) is 0 Å². The molecule has 3 aromatic heterocycles. The van der Waals surface area contributed by atoms with Gasteiger partial charge in [0.05, 0.1) is 28.5 Å². The van der Waals surface area contributed by atoms with E-state index in [0.717, 1.165) is 75.2 Å². The van der Waals surface area contributed by atoms with Crippen molar-refractivity contribution >= 4 is 44.2 Å². The molecule has 2 saturated heterocycles. The first-order valence-corrected chi connectivity index (χ1v) is 24.1. The number of sulfonamides is 1. The highest BCUT2D eigenvalue weighted by Gasteiger charge is 2.49. The lowest BCUT2D eigenvalue weighted by Gasteiger charge is -2.57. The molecule has 1 spiro atoms. The number of aromatic amines is 1. The fourth-order valence-electron chi connectivity index (χ4n) is 10.6. The Morgan fingerprint density at radius 1 is 1.00 bits per heavy atom. The lowest BCUT2D eigenvalue weighted by molar-refractivity contribution is -0.384. The van der Waals surface area contributed by atoms with Crippen LogP contribution in [-0.2, 0) is 10.0 Å². The maximum Gasteiger partial charge on any atom is 0.312 e. The second-order valence-corrected chi connectivity index (χ2v) is 20.9. The maximum atomic E-state index is 14.0. The zero-order valence-electron chi connectivity index (χ0n) is 36.8. The van der Waals surface area contributed by atoms with E-state index in [4.69, 9.17) is 4.74 Å². The number of likely N-dealkylation sites (tertiary alicyclic amines) is 1. The average Bonchev–Trinajstić information content (AvgIpc) is 3.95. The number of H-pyrrole nitrogens is 1. The summed E-state index contributed by atoms with van der Waals surface area (Å²) < 4.78 is 35.8. The Morgan fingerprint density at radius 3 is 2.52 bits per heavy atom. The molecule has 0 radical (unpaired) electrons. The van der Waals surface area contributed by atoms with Gasteiger partial charge in [0, 0.05) is 68.2 Å². The van der Waals surface area contributed by atoms with Gasteiger partial charge < -0.3 is 25.0 Å². The van der Waals surface area contributed by atoms with Gasteiger partial charge in [-0.3, -0.25) is 19.8 Å². The molecule has 9 rings (SSSR count). The van der Waals surface area contributed by atoms with E-state index in [1.165, 1.54) is 36.6 Å². The van der Waals surface area contributed by atoms with E-state index in [0.29, 0.717) is 48.7 Å². The molecule has 15 nitrogen and oxygen atoms in total. The number of amides is 1. The molecule has 4 aliphatic rings. The van der Waals surface area contributed by atoms with Gasteiger partial charge in [0.1, 0.15) is 22.0 Å². The van der Waals surface area contributed by atoms with Crippen LogP contribution in [0.15, 0.2) is 84.1 Å². The molecule has 16 heteroatoms. The molecule has 4 N–H and O–H groups in total. The zero-order valence-corrected chi connectivity index (χ0v) is 37.6. The first-order valence-electron chi connectivity index (χ1n) is 22.7. The maximum absolute atomic E-state index is 14.0. The van der Waals surface area contributed by atoms with Crippen molar-refractivity contribution in [1.29, 1.82) is 0 Å². The first-order chi connectivity index (χ1) is 30.7. The van der Waals surface area contributed by atoms with E-state index < -0.39 is 37.0 Å². The second kappa shape index (κ2) is 17.4. The van der Waals surface area contributed by atoms with Crippen molar-refractivity contribution in [3.63, 3.8) is 0 Å². The second-order valence-electron chi connectivity index (χ2n) is 19.2. The van der Waals surface area contributed by atoms with Crippen LogP contribution in [0.1, 0.15) is 112 Å². The number of hydrogen-bond donors (Lipinski definition) is 4. The number of aliphatic hydroxyl groups is 1. The highest BCUT2D eigenvalue weighted by atomic mass is 32.2. The van der Waals surface area contributed by atoms with Gasteiger partial charge in [-0.15, -0.1) is 0 Å². The number of ether oxygens (including phenoxy) is 1. The molecule has 2 aromatic carbocycles. The van der Waals surface area contributed by atoms with Gasteiger partial charge in [-0.1, -0.05) is 44.5 Å². The van der Waals surface area contributed by atoms with Crippen LogP contribution in [-0.4, -0.2) is 88.6 Å². The monoisotopic (exact) mass is 890 g/mol. The van der Waals surface area contributed by atoms with Crippen molar-refractivity contribution in [2.24, 2.45) is 11.3 Å². The summed E-state index contributed by atoms with van der Waals surface area (Å²) in [6.07, 6.45) is 12.8. The number of hydrogen-bond acceptors (Lipinski definition) is 12. The number of fused-ring (bicyclic) bond motifs is 1. The van der Waals surface area contributed by atoms with Gasteiger partial charge >= 0.3 is 5.69 Å². The summed E-state index contributed by atoms with van der Waals surface area (Å²) in [5.41, 5.74) is 3.48. The number of rotatable bonds is 13. The molecule has 1 amide bonds. The minimum atomic E-state index is -4.62. The first kappa shape index (κ1) is 43.7. The lowest BCUT2D eigenvalue weighted by atomic mass is 9.70. The molecule has 2 atom stereocenters. The number of aromatic nitrogens is 3. The Labute approximate surface area is 374 Å². The molecule has 0 bridgehead atoms. The fraction of sp³-hybridized carbons (Fsp3) is 0.479. The molecule has 2 aliphatic heterocycles. The van der Waals surface area contributed by atoms with Crippen LogP contribution in [0.5, 0.6) is 11.5 Å². The van der Waals surface area contributed by atoms with Crippen LogP contribution in [0.2, 0.25) is 0 Å². The number of nitro groups is 1. The van der Waals surface area contributed by atoms with Gasteiger partial charge in [0.2, 0.25) is 5.82 Å². The van der Waals surface area contributed by atoms with Crippen LogP contribution < -0.4 is 19.7 Å². The number of nitrogens with one attached hydrogen (secondary N) is 3. The van der Waals surface area contributed by atoms with Crippen LogP contribution in [0.25, 0.3) is 11.0 Å². The Morgan fingerprint density at radius 2 is 1.77 bits per heavy atom. The smallest absolute Gasteiger partial charge is 0.312 e. The molecular formula is C48H58N8O7S. The minimum absolute atomic E-state index is 0.0398. The van der Waals surface area contributed by atoms with Crippen LogP contribution in [0.4, 0.5) is 17.2 Å². The average molecular weight is 891 g/mol. The normalized spacial score (nSPS) is 23.6. The van der Waals surface area contributed by atoms with Gasteiger partial charge in [-0.05, 0) is 117 Å². The number of benzene rings is 2. The van der Waals surface area contributed by atoms with E-state index in [9.17, 15) is 28.4 Å². The van der Waals surface area contributed by atoms with Crippen molar-refractivity contribution in [2.75, 3.05) is 42.9 Å². The summed E-state index contributed by atoms with van der Waals surface area (Å²) in [5.74, 6) is 0.694. The van der Waals surface area contributed by atoms with Crippen molar-refractivity contribution in [2.45, 2.75) is 107 Å². The molecule has 2 aliphatic carbocycles. The van der Waals surface area contributed by atoms with Gasteiger partial charge in [0.15, 0.2) is 0 Å². The summed E-state index contributed by atoms with van der Waals surface area (Å²) in [6, 6.07) is 19.2. The van der Waals surface area contributed by atoms with E-state index in [-0.39, 0.29) is 28.5 Å². The Balaban J connectivity index is 0.895. The minimum Gasteiger partial charge on any atom is -0.455 e. The Bertz CT molecular complexity index is 2640. The molecular weight excluding hydrogens is 833 g/mol. The number of anilines is 2. The van der Waals surface area contributed by atoms with E-state index in [1.807, 2.05) is 12.1 Å². The van der Waals surface area contributed by atoms with Crippen molar-refractivity contribution < 1.29 is 28.0 Å². The summed E-state index contributed by atoms with van der Waals surface area (Å²) >= 11 is 0. The third-order valence-electron chi connectivity index (χ3n) is 14.4. The largest absolute Gasteiger partial charge is 0.455 e. The highest BCUT2D eigenvalue weighted by Crippen LogP contribution is 2.49. The highest BCUT2D eigenvalue weighted by molar-refractivity contribution is 7.90. The summed E-state index contributed by atoms with van der Waals surface area (Å²) in [5, 5.41) is 26.2. The van der Waals surface area contributed by atoms with Crippen LogP contribution >= 0.6 is 0 Å². The summed E-state index contributed by atoms with van der Waals surface area (Å²) in [4.78, 5) is 41.5. The lowest BCUT2D eigenvalue weighted by Crippen LogP contribution is -2.63. The predicted molar refractivity (Wildman–Crippen MR) is 246 cm³/mol. The Kier molecular flexibility index (Phi) is 11.9. The third-order valence-corrected chi connectivity index (χ3v) is 15.7. The fourth-order valence-corrected chi connectivity index (χ4v) is 11.6. The number of carbonyl (C=O) groups excluding carboxylic acids is 1. The van der Waals surface area contributed by atoms with Crippen molar-refractivity contribution in [1.82, 2.24) is 24.6 Å². The SMILES string of the molecule is CC(C)c1ccccc1[C@@H]1CCC[C@@H]1N1CC2(CCN(c3ccc(C(=O)NS(=O)(=O)c4cnc(NC[C@H]5CC[C@](C)(O)CC5)c([N+](=O)[O-])c4)c(Oc4cnc5[nH]ccc5c4)c3)CC2)C1. The molecule has 4 fully saturated rings. The third kappa shape index (κ3) is 9.04. The number of pyridine rings is 2. The molecule has 5 aromatic rings. The Hall–Kier alpha value is -5.58. The van der Waals surface area contributed by atoms with Crippen LogP contribution in [0, 0.1) is 21.4 Å². The zero-order chi connectivity index (χ0) is 44.8. The standard InChI is InChI=1S/C48H58N8O7S/c1-31(2)37-7-4-5-8-38(37)39-9-6-10-41(39)55-29-48(30-55)18-21-54(22-19-48)34-11-12-40(43(24-34)63-35-23-33-15-20-49-44(33)51-27-35)46(57)53-64(61,62)36-25-42(56(59)60)45(52-28-36)50-26-32-13-16-47(3,58)17-14-32/h4-5,7-8,11-12,15,20,23-25,27-28,31-32,39,41,58H,6,9-10,13-14,16-19,21-22,26,29-30H2,1-3H3,(H,49,51)(H,50,52)(H,53,57)/t32-,39-,41-,47-/m0/s1. The van der Waals surface area contributed by atoms with E-state index in [2.05, 4.69) is 72.9 Å². The van der Waals surface area contributed by atoms with Gasteiger partial charge in [-0.25, -0.2) is 23.1 Å². The number of piperidine rings is 1. The molecule has 338 valence electrons. The molecule has 2 saturated carbocycles. The molecule has 0 unspecified atom stereocenters. The molecule has 64 heavy (non-hydrogen) atoms. The quantitative estimate of drug-likeness (QED) is 0.0651. The van der Waals surface area contributed by atoms with Crippen molar-refractivity contribution in [3.8, 4) is 11.5 Å². The van der Waals surface area contributed by atoms with E-state index in [1.54, 1.807) is 31.3 Å². The summed E-state index contributed by atoms with van der Waals surface area (Å²) in [7, 11) is -4.62. The van der Waals surface area contributed by atoms with E-state index >= 15 is 0 Å². The summed E-state index contributed by atoms with van der Waals surface area (Å²) in [6.45, 7) is 10.6. The predicted octanol–water partition coefficient (Wildman–Crippen LogP) is 8.49. The number of nitrogens with zero attached hydrogens (tertiary/aromatic N) is 5.